The average molecular weight is 381 g/mol. The van der Waals surface area contributed by atoms with Gasteiger partial charge in [-0.2, -0.15) is 0 Å². The molecular formula is C21H41NO4. The van der Waals surface area contributed by atoms with E-state index in [9.17, 15) is 19.8 Å². The first-order chi connectivity index (χ1) is 15.9. The Labute approximate surface area is 173 Å². The fourth-order valence-electron chi connectivity index (χ4n) is 2.77. The summed E-state index contributed by atoms with van der Waals surface area (Å²) in [5.41, 5.74) is 0. The monoisotopic (exact) mass is 380 g/mol. The Morgan fingerprint density at radius 1 is 1.04 bits per heavy atom. The van der Waals surface area contributed by atoms with E-state index in [1.807, 2.05) is 0 Å². The van der Waals surface area contributed by atoms with Crippen LogP contribution in [0, 0.1) is 0 Å². The van der Waals surface area contributed by atoms with Crippen LogP contribution in [0.2, 0.25) is 0 Å². The summed E-state index contributed by atoms with van der Waals surface area (Å²) in [5, 5.41) is 21.1. The Kier molecular flexibility index (Phi) is 7.73. The van der Waals surface area contributed by atoms with Crippen molar-refractivity contribution in [2.45, 2.75) is 96.5 Å². The van der Waals surface area contributed by atoms with E-state index in [0.29, 0.717) is 12.8 Å². The minimum absolute atomic E-state index is 0.198. The van der Waals surface area contributed by atoms with Gasteiger partial charge in [0.1, 0.15) is 19.1 Å². The van der Waals surface area contributed by atoms with Gasteiger partial charge in [0.15, 0.2) is 5.78 Å². The van der Waals surface area contributed by atoms with Crippen molar-refractivity contribution in [3.05, 3.63) is 0 Å². The number of quaternary nitrogens is 1. The van der Waals surface area contributed by atoms with Crippen LogP contribution in [0.25, 0.3) is 0 Å². The van der Waals surface area contributed by atoms with Gasteiger partial charge in [-0.1, -0.05) is 71.1 Å². The third-order valence-corrected chi connectivity index (χ3v) is 4.10. The molecule has 0 fully saturated rings. The number of carboxylic acid groups (broad SMARTS) is 1. The number of likely N-dealkylation sites (N-methyl/N-ethyl adjacent to an activating group) is 1. The molecule has 5 heteroatoms. The number of rotatable bonds is 18. The molecule has 0 saturated carbocycles. The molecule has 1 atom stereocenters. The fraction of sp³-hybridized carbons (Fsp3) is 0.905. The van der Waals surface area contributed by atoms with Crippen LogP contribution in [0.1, 0.15) is 103 Å². The van der Waals surface area contributed by atoms with Crippen molar-refractivity contribution in [2.75, 3.05) is 27.0 Å². The standard InChI is InChI=1S/C21H41NO4/c1-4-5-6-7-8-9-10-11-12-13-14-15-19(23)17-22(2,3)18-20(24)16-21(25)26/h20,24H,4-18H2,1-3H3/i2D3,3D3,18D2,20D. The summed E-state index contributed by atoms with van der Waals surface area (Å²) >= 11 is 0. The second-order valence-electron chi connectivity index (χ2n) is 6.90. The molecular weight excluding hydrogens is 330 g/mol. The van der Waals surface area contributed by atoms with Gasteiger partial charge in [0.05, 0.1) is 26.3 Å². The topological polar surface area (TPSA) is 77.4 Å². The first-order valence-corrected chi connectivity index (χ1v) is 9.69. The van der Waals surface area contributed by atoms with Crippen LogP contribution in [0.3, 0.4) is 0 Å². The molecule has 0 aromatic heterocycles. The van der Waals surface area contributed by atoms with E-state index in [4.69, 9.17) is 12.3 Å². The minimum Gasteiger partial charge on any atom is -0.550 e. The second kappa shape index (κ2) is 15.2. The summed E-state index contributed by atoms with van der Waals surface area (Å²) in [5.74, 6) is -2.94. The molecule has 0 spiro atoms. The lowest BCUT2D eigenvalue weighted by molar-refractivity contribution is -0.885. The van der Waals surface area contributed by atoms with Gasteiger partial charge in [0.2, 0.25) is 0 Å². The molecule has 0 heterocycles. The molecule has 0 saturated heterocycles. The van der Waals surface area contributed by atoms with Crippen LogP contribution in [0.15, 0.2) is 0 Å². The van der Waals surface area contributed by atoms with Crippen LogP contribution in [-0.4, -0.2) is 54.4 Å². The SMILES string of the molecule is [2H]C(O)(CC(=O)[O-])C([2H])([2H])[N+](CC(=O)CCCCCCCCCCCCC)(C([2H])([2H])[2H])C([2H])([2H])[2H]. The number of aliphatic hydroxyl groups is 1. The maximum atomic E-state index is 12.7. The van der Waals surface area contributed by atoms with Gasteiger partial charge in [-0.25, -0.2) is 0 Å². The van der Waals surface area contributed by atoms with E-state index in [-0.39, 0.29) is 6.42 Å². The van der Waals surface area contributed by atoms with E-state index in [2.05, 4.69) is 6.92 Å². The number of carbonyl (C=O) groups is 2. The van der Waals surface area contributed by atoms with E-state index in [0.717, 1.165) is 25.7 Å². The van der Waals surface area contributed by atoms with Crippen LogP contribution in [-0.2, 0) is 9.59 Å². The van der Waals surface area contributed by atoms with E-state index < -0.39 is 55.7 Å². The zero-order chi connectivity index (χ0) is 27.6. The molecule has 0 aliphatic carbocycles. The molecule has 0 radical (unpaired) electrons. The molecule has 0 aromatic carbocycles. The molecule has 0 rings (SSSR count). The molecule has 5 nitrogen and oxygen atoms in total. The van der Waals surface area contributed by atoms with Crippen LogP contribution in [0.4, 0.5) is 0 Å². The third-order valence-electron chi connectivity index (χ3n) is 4.10. The molecule has 26 heavy (non-hydrogen) atoms. The van der Waals surface area contributed by atoms with Gasteiger partial charge in [0.25, 0.3) is 0 Å². The molecule has 0 aliphatic heterocycles. The number of unbranched alkanes of at least 4 members (excludes halogenated alkanes) is 10. The lowest BCUT2D eigenvalue weighted by Crippen LogP contribution is -2.49. The van der Waals surface area contributed by atoms with Crippen molar-refractivity contribution in [3.63, 3.8) is 0 Å². The number of carbonyl (C=O) groups excluding carboxylic acids is 2. The molecule has 154 valence electrons. The van der Waals surface area contributed by atoms with Crippen LogP contribution < -0.4 is 5.11 Å². The van der Waals surface area contributed by atoms with E-state index in [1.165, 1.54) is 32.1 Å². The number of hydrogen-bond donors (Lipinski definition) is 1. The quantitative estimate of drug-likeness (QED) is 0.293. The van der Waals surface area contributed by atoms with Gasteiger partial charge in [-0.15, -0.1) is 0 Å². The fourth-order valence-corrected chi connectivity index (χ4v) is 2.77. The summed E-state index contributed by atoms with van der Waals surface area (Å²) < 4.78 is 68.0. The summed E-state index contributed by atoms with van der Waals surface area (Å²) in [6.45, 7) is -10.5. The highest BCUT2D eigenvalue weighted by Crippen LogP contribution is 2.12. The Morgan fingerprint density at radius 2 is 1.54 bits per heavy atom. The summed E-state index contributed by atoms with van der Waals surface area (Å²) in [7, 11) is 0. The van der Waals surface area contributed by atoms with Crippen LogP contribution >= 0.6 is 0 Å². The van der Waals surface area contributed by atoms with E-state index >= 15 is 0 Å². The van der Waals surface area contributed by atoms with Crippen molar-refractivity contribution in [1.82, 2.24) is 0 Å². The summed E-state index contributed by atoms with van der Waals surface area (Å²) in [6, 6.07) is 0. The number of nitrogens with zero attached hydrogens (tertiary/aromatic N) is 1. The molecule has 1 N–H and O–H groups in total. The lowest BCUT2D eigenvalue weighted by Gasteiger charge is -2.31. The number of Topliss-reactive ketones (excluding diaryl/α,β-unsaturated/α-hetero) is 1. The highest BCUT2D eigenvalue weighted by molar-refractivity contribution is 5.79. The van der Waals surface area contributed by atoms with Gasteiger partial charge in [-0.05, 0) is 6.42 Å². The molecule has 0 aliphatic rings. The Bertz CT molecular complexity index is 650. The molecule has 0 amide bonds. The van der Waals surface area contributed by atoms with Crippen molar-refractivity contribution in [2.24, 2.45) is 0 Å². The maximum Gasteiger partial charge on any atom is 0.186 e. The number of aliphatic carboxylic acids is 1. The van der Waals surface area contributed by atoms with Gasteiger partial charge < -0.3 is 19.5 Å². The number of carboxylic acids is 1. The first-order valence-electron chi connectivity index (χ1n) is 14.2. The predicted octanol–water partition coefficient (Wildman–Crippen LogP) is 2.83. The largest absolute Gasteiger partial charge is 0.550 e. The second-order valence-corrected chi connectivity index (χ2v) is 6.90. The van der Waals surface area contributed by atoms with E-state index in [1.54, 1.807) is 0 Å². The van der Waals surface area contributed by atoms with Crippen molar-refractivity contribution in [1.29, 1.82) is 0 Å². The van der Waals surface area contributed by atoms with Crippen LogP contribution in [0.5, 0.6) is 0 Å². The Hall–Kier alpha value is -0.940. The normalized spacial score (nSPS) is 20.8. The molecule has 1 unspecified atom stereocenters. The lowest BCUT2D eigenvalue weighted by atomic mass is 10.0. The maximum absolute atomic E-state index is 12.7. The zero-order valence-corrected chi connectivity index (χ0v) is 16.0. The van der Waals surface area contributed by atoms with Gasteiger partial charge >= 0.3 is 0 Å². The zero-order valence-electron chi connectivity index (χ0n) is 25.0. The smallest absolute Gasteiger partial charge is 0.186 e. The first kappa shape index (κ1) is 13.3. The Balaban J connectivity index is 5.22. The highest BCUT2D eigenvalue weighted by Gasteiger charge is 2.23. The van der Waals surface area contributed by atoms with Gasteiger partial charge in [-0.3, -0.25) is 4.79 Å². The van der Waals surface area contributed by atoms with Crippen molar-refractivity contribution < 1.29 is 36.6 Å². The summed E-state index contributed by atoms with van der Waals surface area (Å²) in [4.78, 5) is 23.6. The molecule has 0 aromatic rings. The molecule has 0 bridgehead atoms. The number of ketones is 1. The third kappa shape index (κ3) is 16.5. The summed E-state index contributed by atoms with van der Waals surface area (Å²) in [6.07, 6.45) is 5.56. The predicted molar refractivity (Wildman–Crippen MR) is 104 cm³/mol. The number of hydrogen-bond acceptors (Lipinski definition) is 4. The van der Waals surface area contributed by atoms with Gasteiger partial charge in [0, 0.05) is 18.8 Å². The minimum atomic E-state index is -3.88. The highest BCUT2D eigenvalue weighted by atomic mass is 16.4. The average Bonchev–Trinajstić information content (AvgIpc) is 2.67. The van der Waals surface area contributed by atoms with Crippen molar-refractivity contribution >= 4 is 11.8 Å². The Morgan fingerprint density at radius 3 is 2.00 bits per heavy atom. The van der Waals surface area contributed by atoms with Crippen molar-refractivity contribution in [3.8, 4) is 0 Å².